The van der Waals surface area contributed by atoms with Crippen LogP contribution >= 0.6 is 0 Å². The number of fused-ring (bicyclic) bond motifs is 1. The summed E-state index contributed by atoms with van der Waals surface area (Å²) in [6.45, 7) is 0. The molecule has 0 saturated carbocycles. The monoisotopic (exact) mass is 386 g/mol. The van der Waals surface area contributed by atoms with Gasteiger partial charge in [0, 0.05) is 45.1 Å². The number of ether oxygens (including phenoxy) is 2. The highest BCUT2D eigenvalue weighted by Crippen LogP contribution is 2.34. The van der Waals surface area contributed by atoms with E-state index in [0.717, 1.165) is 35.0 Å². The number of pyridine rings is 1. The summed E-state index contributed by atoms with van der Waals surface area (Å²) in [7, 11) is 0.841. The van der Waals surface area contributed by atoms with Gasteiger partial charge in [-0.05, 0) is 36.5 Å². The molecule has 2 aromatic heterocycles. The Labute approximate surface area is 158 Å². The van der Waals surface area contributed by atoms with Gasteiger partial charge in [-0.25, -0.2) is 8.89 Å². The van der Waals surface area contributed by atoms with Crippen LogP contribution in [-0.2, 0) is 9.73 Å². The van der Waals surface area contributed by atoms with Gasteiger partial charge < -0.3 is 9.47 Å². The Balaban J connectivity index is 1.72. The minimum atomic E-state index is -2.37. The van der Waals surface area contributed by atoms with Gasteiger partial charge >= 0.3 is 0 Å². The number of hydrogen-bond acceptors (Lipinski definition) is 6. The van der Waals surface area contributed by atoms with Crippen LogP contribution in [0.15, 0.2) is 36.8 Å². The maximum Gasteiger partial charge on any atom is 0.162 e. The SMILES string of the molecule is COc1cc2nccc(-n3cc(C4CCS(=N)(=O)CC4)cn3)c2cc1OC. The van der Waals surface area contributed by atoms with Crippen molar-refractivity contribution in [2.45, 2.75) is 18.8 Å². The number of rotatable bonds is 4. The average molecular weight is 386 g/mol. The third kappa shape index (κ3) is 3.37. The van der Waals surface area contributed by atoms with Crippen LogP contribution in [0.2, 0.25) is 0 Å². The third-order valence-corrected chi connectivity index (χ3v) is 6.93. The number of nitrogens with one attached hydrogen (secondary N) is 1. The lowest BCUT2D eigenvalue weighted by molar-refractivity contribution is 0.356. The number of benzene rings is 1. The summed E-state index contributed by atoms with van der Waals surface area (Å²) in [6.07, 6.45) is 7.19. The Morgan fingerprint density at radius 2 is 1.89 bits per heavy atom. The van der Waals surface area contributed by atoms with Crippen molar-refractivity contribution in [3.8, 4) is 17.2 Å². The maximum absolute atomic E-state index is 11.9. The first-order valence-corrected chi connectivity index (χ1v) is 10.7. The Morgan fingerprint density at radius 3 is 2.59 bits per heavy atom. The molecule has 0 amide bonds. The molecule has 0 atom stereocenters. The molecule has 1 saturated heterocycles. The molecule has 1 aliphatic heterocycles. The zero-order valence-electron chi connectivity index (χ0n) is 15.3. The molecule has 0 radical (unpaired) electrons. The van der Waals surface area contributed by atoms with Gasteiger partial charge in [0.1, 0.15) is 0 Å². The van der Waals surface area contributed by atoms with Crippen molar-refractivity contribution in [1.29, 1.82) is 4.78 Å². The fraction of sp³-hybridized carbons (Fsp3) is 0.368. The summed E-state index contributed by atoms with van der Waals surface area (Å²) in [5.41, 5.74) is 2.83. The van der Waals surface area contributed by atoms with E-state index in [0.29, 0.717) is 28.9 Å². The predicted octanol–water partition coefficient (Wildman–Crippen LogP) is 3.36. The lowest BCUT2D eigenvalue weighted by atomic mass is 9.96. The predicted molar refractivity (Wildman–Crippen MR) is 105 cm³/mol. The molecular formula is C19H22N4O3S. The molecule has 1 aliphatic rings. The van der Waals surface area contributed by atoms with Crippen molar-refractivity contribution in [3.05, 3.63) is 42.4 Å². The van der Waals surface area contributed by atoms with E-state index in [1.165, 1.54) is 0 Å². The Kier molecular flexibility index (Phi) is 4.51. The molecule has 0 aliphatic carbocycles. The van der Waals surface area contributed by atoms with E-state index in [1.807, 2.05) is 35.3 Å². The maximum atomic E-state index is 11.9. The van der Waals surface area contributed by atoms with Gasteiger partial charge in [0.05, 0.1) is 31.6 Å². The van der Waals surface area contributed by atoms with Crippen LogP contribution in [0.1, 0.15) is 24.3 Å². The minimum Gasteiger partial charge on any atom is -0.493 e. The zero-order chi connectivity index (χ0) is 19.0. The lowest BCUT2D eigenvalue weighted by Crippen LogP contribution is -2.20. The molecular weight excluding hydrogens is 364 g/mol. The average Bonchev–Trinajstić information content (AvgIpc) is 3.16. The lowest BCUT2D eigenvalue weighted by Gasteiger charge is -2.22. The first-order valence-electron chi connectivity index (χ1n) is 8.80. The van der Waals surface area contributed by atoms with Crippen LogP contribution in [0.4, 0.5) is 0 Å². The standard InChI is InChI=1S/C19H22N4O3S/c1-25-18-9-15-16(10-19(18)26-2)21-6-3-17(15)23-12-14(11-22-23)13-4-7-27(20,24)8-5-13/h3,6,9-13,20H,4-5,7-8H2,1-2H3. The fourth-order valence-electron chi connectivity index (χ4n) is 3.58. The molecule has 3 heterocycles. The first kappa shape index (κ1) is 17.8. The van der Waals surface area contributed by atoms with Gasteiger partial charge in [-0.15, -0.1) is 0 Å². The second-order valence-corrected chi connectivity index (χ2v) is 9.21. The molecule has 0 bridgehead atoms. The fourth-order valence-corrected chi connectivity index (χ4v) is 5.12. The van der Waals surface area contributed by atoms with Crippen molar-refractivity contribution in [2.75, 3.05) is 25.7 Å². The van der Waals surface area contributed by atoms with E-state index in [9.17, 15) is 4.21 Å². The quantitative estimate of drug-likeness (QED) is 0.742. The van der Waals surface area contributed by atoms with Gasteiger partial charge in [-0.2, -0.15) is 5.10 Å². The first-order chi connectivity index (χ1) is 13.0. The molecule has 27 heavy (non-hydrogen) atoms. The van der Waals surface area contributed by atoms with Crippen molar-refractivity contribution in [3.63, 3.8) is 0 Å². The van der Waals surface area contributed by atoms with E-state index in [2.05, 4.69) is 10.1 Å². The summed E-state index contributed by atoms with van der Waals surface area (Å²) < 4.78 is 32.3. The number of nitrogens with zero attached hydrogens (tertiary/aromatic N) is 3. The highest BCUT2D eigenvalue weighted by atomic mass is 32.2. The van der Waals surface area contributed by atoms with E-state index < -0.39 is 9.73 Å². The minimum absolute atomic E-state index is 0.307. The molecule has 1 N–H and O–H groups in total. The van der Waals surface area contributed by atoms with Crippen LogP contribution < -0.4 is 9.47 Å². The molecule has 0 spiro atoms. The largest absolute Gasteiger partial charge is 0.493 e. The van der Waals surface area contributed by atoms with Crippen molar-refractivity contribution >= 4 is 20.6 Å². The summed E-state index contributed by atoms with van der Waals surface area (Å²) in [4.78, 5) is 4.43. The van der Waals surface area contributed by atoms with Crippen LogP contribution in [0.3, 0.4) is 0 Å². The molecule has 0 unspecified atom stereocenters. The van der Waals surface area contributed by atoms with E-state index in [4.69, 9.17) is 14.3 Å². The summed E-state index contributed by atoms with van der Waals surface area (Å²) in [6, 6.07) is 5.68. The van der Waals surface area contributed by atoms with Crippen molar-refractivity contribution < 1.29 is 13.7 Å². The molecule has 3 aromatic rings. The molecule has 1 fully saturated rings. The second-order valence-electron chi connectivity index (χ2n) is 6.77. The van der Waals surface area contributed by atoms with E-state index >= 15 is 0 Å². The zero-order valence-corrected chi connectivity index (χ0v) is 16.2. The van der Waals surface area contributed by atoms with Crippen LogP contribution in [0.25, 0.3) is 16.6 Å². The van der Waals surface area contributed by atoms with Gasteiger partial charge in [-0.3, -0.25) is 9.76 Å². The van der Waals surface area contributed by atoms with Gasteiger partial charge in [-0.1, -0.05) is 0 Å². The Bertz CT molecular complexity index is 1080. The number of methoxy groups -OCH3 is 2. The van der Waals surface area contributed by atoms with Crippen LogP contribution in [0.5, 0.6) is 11.5 Å². The smallest absolute Gasteiger partial charge is 0.162 e. The third-order valence-electron chi connectivity index (χ3n) is 5.14. The van der Waals surface area contributed by atoms with E-state index in [-0.39, 0.29) is 0 Å². The highest BCUT2D eigenvalue weighted by Gasteiger charge is 2.23. The van der Waals surface area contributed by atoms with Crippen molar-refractivity contribution in [1.82, 2.24) is 14.8 Å². The van der Waals surface area contributed by atoms with Gasteiger partial charge in [0.25, 0.3) is 0 Å². The Hall–Kier alpha value is -2.61. The van der Waals surface area contributed by atoms with Gasteiger partial charge in [0.15, 0.2) is 11.5 Å². The normalized spacial score (nSPS) is 22.7. The second kappa shape index (κ2) is 6.84. The van der Waals surface area contributed by atoms with Crippen LogP contribution in [-0.4, -0.2) is 44.7 Å². The molecule has 8 heteroatoms. The van der Waals surface area contributed by atoms with Crippen molar-refractivity contribution in [2.24, 2.45) is 0 Å². The molecule has 7 nitrogen and oxygen atoms in total. The highest BCUT2D eigenvalue weighted by molar-refractivity contribution is 7.92. The Morgan fingerprint density at radius 1 is 1.19 bits per heavy atom. The molecule has 142 valence electrons. The molecule has 4 rings (SSSR count). The topological polar surface area (TPSA) is 90.1 Å². The van der Waals surface area contributed by atoms with Crippen LogP contribution in [0, 0.1) is 4.78 Å². The number of hydrogen-bond donors (Lipinski definition) is 1. The summed E-state index contributed by atoms with van der Waals surface area (Å²) in [5, 5.41) is 5.46. The molecule has 1 aromatic carbocycles. The summed E-state index contributed by atoms with van der Waals surface area (Å²) in [5.74, 6) is 2.53. The van der Waals surface area contributed by atoms with E-state index in [1.54, 1.807) is 20.4 Å². The summed E-state index contributed by atoms with van der Waals surface area (Å²) >= 11 is 0. The van der Waals surface area contributed by atoms with Gasteiger partial charge in [0.2, 0.25) is 0 Å². The number of aromatic nitrogens is 3.